The number of halogens is 2. The highest BCUT2D eigenvalue weighted by atomic mass is 35.5. The van der Waals surface area contributed by atoms with Gasteiger partial charge in [0.25, 0.3) is 11.8 Å². The summed E-state index contributed by atoms with van der Waals surface area (Å²) in [6, 6.07) is 4.55. The van der Waals surface area contributed by atoms with Crippen LogP contribution in [0.2, 0.25) is 0 Å². The average Bonchev–Trinajstić information content (AvgIpc) is 3.19. The quantitative estimate of drug-likeness (QED) is 0.304. The lowest BCUT2D eigenvalue weighted by Gasteiger charge is -2.51. The van der Waals surface area contributed by atoms with Crippen molar-refractivity contribution in [3.8, 4) is 11.5 Å². The van der Waals surface area contributed by atoms with E-state index in [1.807, 2.05) is 0 Å². The van der Waals surface area contributed by atoms with Crippen LogP contribution in [-0.2, 0) is 24.0 Å². The zero-order valence-corrected chi connectivity index (χ0v) is 22.2. The van der Waals surface area contributed by atoms with Crippen molar-refractivity contribution in [1.82, 2.24) is 9.80 Å². The number of carbonyl (C=O) groups is 5. The summed E-state index contributed by atoms with van der Waals surface area (Å²) in [6.07, 6.45) is 1.66. The van der Waals surface area contributed by atoms with E-state index in [-0.39, 0.29) is 49.3 Å². The minimum atomic E-state index is -2.03. The van der Waals surface area contributed by atoms with Crippen molar-refractivity contribution in [2.45, 2.75) is 41.3 Å². The number of phenols is 1. The third-order valence-electron chi connectivity index (χ3n) is 8.43. The predicted octanol–water partition coefficient (Wildman–Crippen LogP) is 2.25. The normalized spacial score (nSPS) is 34.2. The number of allylic oxidation sites excluding steroid dienone is 2. The van der Waals surface area contributed by atoms with Crippen LogP contribution in [0.15, 0.2) is 29.8 Å². The first-order chi connectivity index (χ1) is 17.9. The second kappa shape index (κ2) is 8.98. The van der Waals surface area contributed by atoms with Gasteiger partial charge >= 0.3 is 5.97 Å². The Bertz CT molecular complexity index is 1310. The molecule has 0 spiro atoms. The molecule has 1 saturated carbocycles. The SMILES string of the molecule is COc1cccc(O)c1[C@H]1C2=CC[C@@H]3C(=O)N(CCCC(=O)O)C(=O)[C@@H]3[C@@H]2C[C@@]2(Cl)C(=O)N(C)C(=O)[C@@]12Cl. The van der Waals surface area contributed by atoms with Crippen LogP contribution in [-0.4, -0.2) is 80.1 Å². The summed E-state index contributed by atoms with van der Waals surface area (Å²) in [5.41, 5.74) is 0.693. The van der Waals surface area contributed by atoms with E-state index in [1.54, 1.807) is 18.2 Å². The van der Waals surface area contributed by atoms with E-state index in [0.717, 1.165) is 9.80 Å². The molecule has 6 atom stereocenters. The average molecular weight is 565 g/mol. The van der Waals surface area contributed by atoms with Crippen LogP contribution in [0.1, 0.15) is 37.2 Å². The molecule has 2 N–H and O–H groups in total. The van der Waals surface area contributed by atoms with Crippen molar-refractivity contribution in [2.75, 3.05) is 20.7 Å². The van der Waals surface area contributed by atoms with Gasteiger partial charge in [0, 0.05) is 31.5 Å². The number of methoxy groups -OCH3 is 1. The summed E-state index contributed by atoms with van der Waals surface area (Å²) in [5, 5.41) is 19.9. The first kappa shape index (κ1) is 26.5. The van der Waals surface area contributed by atoms with E-state index in [2.05, 4.69) is 0 Å². The highest BCUT2D eigenvalue weighted by Crippen LogP contribution is 2.66. The van der Waals surface area contributed by atoms with Gasteiger partial charge in [-0.05, 0) is 37.3 Å². The number of fused-ring (bicyclic) bond motifs is 4. The molecule has 38 heavy (non-hydrogen) atoms. The molecule has 12 heteroatoms. The molecule has 202 valence electrons. The van der Waals surface area contributed by atoms with E-state index < -0.39 is 63.0 Å². The van der Waals surface area contributed by atoms with Crippen molar-refractivity contribution in [3.05, 3.63) is 35.4 Å². The maximum Gasteiger partial charge on any atom is 0.303 e. The van der Waals surface area contributed by atoms with Crippen LogP contribution in [0.25, 0.3) is 0 Å². The van der Waals surface area contributed by atoms with Gasteiger partial charge in [-0.15, -0.1) is 23.2 Å². The topological polar surface area (TPSA) is 142 Å². The van der Waals surface area contributed by atoms with Gasteiger partial charge in [0.05, 0.1) is 18.9 Å². The lowest BCUT2D eigenvalue weighted by atomic mass is 9.56. The number of phenolic OH excluding ortho intramolecular Hbond substituents is 1. The number of nitrogens with zero attached hydrogens (tertiary/aromatic N) is 2. The maximum atomic E-state index is 13.6. The number of carboxylic acids is 1. The molecule has 10 nitrogen and oxygen atoms in total. The van der Waals surface area contributed by atoms with E-state index >= 15 is 0 Å². The number of likely N-dealkylation sites (tertiary alicyclic amines) is 2. The molecule has 0 bridgehead atoms. The lowest BCUT2D eigenvalue weighted by molar-refractivity contribution is -0.142. The Kier molecular flexibility index (Phi) is 6.26. The van der Waals surface area contributed by atoms with Crippen molar-refractivity contribution in [1.29, 1.82) is 0 Å². The first-order valence-electron chi connectivity index (χ1n) is 12.2. The van der Waals surface area contributed by atoms with Gasteiger partial charge < -0.3 is 14.9 Å². The number of aliphatic carboxylic acids is 1. The molecule has 0 unspecified atom stereocenters. The van der Waals surface area contributed by atoms with E-state index in [1.165, 1.54) is 20.2 Å². The van der Waals surface area contributed by atoms with Crippen LogP contribution >= 0.6 is 23.2 Å². The fourth-order valence-electron chi connectivity index (χ4n) is 6.74. The maximum absolute atomic E-state index is 13.6. The standard InChI is InChI=1S/C26H26Cl2N2O8/c1-29-23(36)25(27)11-14-12(8-9-13-18(14)22(35)30(21(13)34)10-4-7-17(32)33)20(26(25,28)24(29)37)19-15(31)5-3-6-16(19)38-2/h3,5-6,8,13-14,18,20,31H,4,7,9-11H2,1-2H3,(H,32,33)/t13-,14+,18-,20+,25+,26-/m0/s1. The van der Waals surface area contributed by atoms with Gasteiger partial charge in [0.1, 0.15) is 11.5 Å². The molecule has 2 aliphatic carbocycles. The number of imide groups is 2. The van der Waals surface area contributed by atoms with Crippen LogP contribution in [0.4, 0.5) is 0 Å². The minimum Gasteiger partial charge on any atom is -0.508 e. The van der Waals surface area contributed by atoms with Crippen LogP contribution in [0.5, 0.6) is 11.5 Å². The number of hydrogen-bond acceptors (Lipinski definition) is 7. The largest absolute Gasteiger partial charge is 0.508 e. The molecular weight excluding hydrogens is 539 g/mol. The molecule has 2 heterocycles. The van der Waals surface area contributed by atoms with Crippen LogP contribution in [0.3, 0.4) is 0 Å². The van der Waals surface area contributed by atoms with E-state index in [4.69, 9.17) is 33.0 Å². The fraction of sp³-hybridized carbons (Fsp3) is 0.500. The smallest absolute Gasteiger partial charge is 0.303 e. The molecule has 2 aliphatic heterocycles. The predicted molar refractivity (Wildman–Crippen MR) is 134 cm³/mol. The Labute approximate surface area is 228 Å². The number of alkyl halides is 2. The molecule has 4 amide bonds. The zero-order chi connectivity index (χ0) is 27.7. The fourth-order valence-corrected chi connectivity index (χ4v) is 7.74. The number of rotatable bonds is 6. The monoisotopic (exact) mass is 564 g/mol. The number of benzene rings is 1. The third-order valence-corrected chi connectivity index (χ3v) is 9.84. The van der Waals surface area contributed by atoms with Gasteiger partial charge in [0.15, 0.2) is 9.75 Å². The van der Waals surface area contributed by atoms with Crippen molar-refractivity contribution >= 4 is 52.8 Å². The number of amides is 4. The van der Waals surface area contributed by atoms with Crippen LogP contribution < -0.4 is 4.74 Å². The van der Waals surface area contributed by atoms with Crippen molar-refractivity contribution in [3.63, 3.8) is 0 Å². The first-order valence-corrected chi connectivity index (χ1v) is 13.0. The summed E-state index contributed by atoms with van der Waals surface area (Å²) in [4.78, 5) is 62.8. The second-order valence-corrected chi connectivity index (χ2v) is 11.5. The summed E-state index contributed by atoms with van der Waals surface area (Å²) < 4.78 is 5.50. The number of ether oxygens (including phenoxy) is 1. The highest BCUT2D eigenvalue weighted by Gasteiger charge is 2.76. The van der Waals surface area contributed by atoms with Gasteiger partial charge in [-0.2, -0.15) is 0 Å². The highest BCUT2D eigenvalue weighted by molar-refractivity contribution is 6.53. The lowest BCUT2D eigenvalue weighted by Crippen LogP contribution is -2.60. The summed E-state index contributed by atoms with van der Waals surface area (Å²) in [5.74, 6) is -6.86. The van der Waals surface area contributed by atoms with Crippen molar-refractivity contribution in [2.24, 2.45) is 17.8 Å². The molecule has 0 radical (unpaired) electrons. The Morgan fingerprint density at radius 2 is 1.84 bits per heavy atom. The Morgan fingerprint density at radius 1 is 1.13 bits per heavy atom. The summed E-state index contributed by atoms with van der Waals surface area (Å²) in [7, 11) is 2.67. The minimum absolute atomic E-state index is 0.0403. The molecule has 1 aromatic carbocycles. The second-order valence-electron chi connectivity index (χ2n) is 10.2. The Morgan fingerprint density at radius 3 is 2.50 bits per heavy atom. The number of aromatic hydroxyl groups is 1. The molecular formula is C26H26Cl2N2O8. The van der Waals surface area contributed by atoms with Gasteiger partial charge in [-0.1, -0.05) is 17.7 Å². The number of carboxylic acid groups (broad SMARTS) is 1. The Balaban J connectivity index is 1.66. The summed E-state index contributed by atoms with van der Waals surface area (Å²) in [6.45, 7) is -0.0403. The summed E-state index contributed by atoms with van der Waals surface area (Å²) >= 11 is 14.2. The Hall–Kier alpha value is -3.11. The molecule has 0 aromatic heterocycles. The van der Waals surface area contributed by atoms with Crippen LogP contribution in [0, 0.1) is 17.8 Å². The van der Waals surface area contributed by atoms with Gasteiger partial charge in [-0.25, -0.2) is 0 Å². The molecule has 1 aromatic rings. The molecule has 2 saturated heterocycles. The van der Waals surface area contributed by atoms with Crippen molar-refractivity contribution < 1.29 is 38.9 Å². The molecule has 3 fully saturated rings. The van der Waals surface area contributed by atoms with E-state index in [9.17, 15) is 29.1 Å². The number of carbonyl (C=O) groups excluding carboxylic acids is 4. The number of hydrogen-bond donors (Lipinski definition) is 2. The molecule has 4 aliphatic rings. The zero-order valence-electron chi connectivity index (χ0n) is 20.6. The van der Waals surface area contributed by atoms with E-state index in [0.29, 0.717) is 5.57 Å². The molecule has 5 rings (SSSR count). The van der Waals surface area contributed by atoms with Gasteiger partial charge in [-0.3, -0.25) is 33.8 Å². The third kappa shape index (κ3) is 3.35. The van der Waals surface area contributed by atoms with Gasteiger partial charge in [0.2, 0.25) is 11.8 Å².